The van der Waals surface area contributed by atoms with Crippen LogP contribution in [0.15, 0.2) is 12.2 Å². The Labute approximate surface area is 85.8 Å². The van der Waals surface area contributed by atoms with Gasteiger partial charge in [-0.1, -0.05) is 19.1 Å². The zero-order valence-corrected chi connectivity index (χ0v) is 9.03. The second-order valence-corrected chi connectivity index (χ2v) is 3.23. The first kappa shape index (κ1) is 13.2. The summed E-state index contributed by atoms with van der Waals surface area (Å²) in [6.45, 7) is 2.07. The van der Waals surface area contributed by atoms with Crippen molar-refractivity contribution >= 4 is 5.97 Å². The summed E-state index contributed by atoms with van der Waals surface area (Å²) in [6.07, 6.45) is 7.15. The van der Waals surface area contributed by atoms with E-state index in [-0.39, 0.29) is 5.97 Å². The molecule has 0 bridgehead atoms. The van der Waals surface area contributed by atoms with E-state index in [1.807, 2.05) is 0 Å². The molecule has 0 aliphatic heterocycles. The lowest BCUT2D eigenvalue weighted by molar-refractivity contribution is -0.141. The van der Waals surface area contributed by atoms with Crippen LogP contribution in [0, 0.1) is 0 Å². The van der Waals surface area contributed by atoms with Crippen LogP contribution in [0.1, 0.15) is 39.0 Å². The second-order valence-electron chi connectivity index (χ2n) is 3.23. The molecule has 3 nitrogen and oxygen atoms in total. The number of ether oxygens (including phenoxy) is 1. The molecule has 0 spiro atoms. The Bertz CT molecular complexity index is 175. The Hall–Kier alpha value is -0.830. The van der Waals surface area contributed by atoms with Gasteiger partial charge in [-0.05, 0) is 25.7 Å². The van der Waals surface area contributed by atoms with Crippen molar-refractivity contribution in [3.05, 3.63) is 12.2 Å². The average molecular weight is 200 g/mol. The molecule has 82 valence electrons. The number of esters is 1. The van der Waals surface area contributed by atoms with Crippen molar-refractivity contribution in [2.45, 2.75) is 45.1 Å². The minimum atomic E-state index is -0.393. The molecule has 14 heavy (non-hydrogen) atoms. The third kappa shape index (κ3) is 7.80. The van der Waals surface area contributed by atoms with Crippen LogP contribution in [0.5, 0.6) is 0 Å². The molecule has 1 N–H and O–H groups in total. The SMILES string of the molecule is CC/C=C\CCC(O)CCC(=O)OC. The molecular weight excluding hydrogens is 180 g/mol. The quantitative estimate of drug-likeness (QED) is 0.505. The molecule has 0 radical (unpaired) electrons. The molecular formula is C11H20O3. The summed E-state index contributed by atoms with van der Waals surface area (Å²) >= 11 is 0. The zero-order chi connectivity index (χ0) is 10.8. The van der Waals surface area contributed by atoms with Gasteiger partial charge in [-0.3, -0.25) is 4.79 Å². The number of rotatable bonds is 7. The molecule has 0 heterocycles. The number of aliphatic hydroxyl groups is 1. The standard InChI is InChI=1S/C11H20O3/c1-3-4-5-6-7-10(12)8-9-11(13)14-2/h4-5,10,12H,3,6-9H2,1-2H3/b5-4-. The summed E-state index contributed by atoms with van der Waals surface area (Å²) < 4.78 is 4.48. The normalized spacial score (nSPS) is 13.1. The maximum Gasteiger partial charge on any atom is 0.305 e. The number of hydrogen-bond acceptors (Lipinski definition) is 3. The van der Waals surface area contributed by atoms with Gasteiger partial charge in [0.05, 0.1) is 13.2 Å². The van der Waals surface area contributed by atoms with Crippen molar-refractivity contribution < 1.29 is 14.6 Å². The van der Waals surface area contributed by atoms with E-state index in [0.29, 0.717) is 19.3 Å². The van der Waals surface area contributed by atoms with E-state index in [2.05, 4.69) is 23.8 Å². The number of allylic oxidation sites excluding steroid dienone is 2. The Morgan fingerprint density at radius 3 is 2.71 bits per heavy atom. The monoisotopic (exact) mass is 200 g/mol. The van der Waals surface area contributed by atoms with Crippen molar-refractivity contribution in [2.24, 2.45) is 0 Å². The number of hydrogen-bond donors (Lipinski definition) is 1. The van der Waals surface area contributed by atoms with Gasteiger partial charge in [0.15, 0.2) is 0 Å². The fourth-order valence-corrected chi connectivity index (χ4v) is 1.10. The van der Waals surface area contributed by atoms with Crippen molar-refractivity contribution in [1.82, 2.24) is 0 Å². The van der Waals surface area contributed by atoms with Crippen LogP contribution < -0.4 is 0 Å². The Morgan fingerprint density at radius 2 is 2.14 bits per heavy atom. The molecule has 0 saturated heterocycles. The third-order valence-electron chi connectivity index (χ3n) is 1.98. The van der Waals surface area contributed by atoms with Crippen molar-refractivity contribution in [3.63, 3.8) is 0 Å². The summed E-state index contributed by atoms with van der Waals surface area (Å²) in [7, 11) is 1.36. The fraction of sp³-hybridized carbons (Fsp3) is 0.727. The van der Waals surface area contributed by atoms with E-state index in [9.17, 15) is 9.90 Å². The molecule has 0 aromatic rings. The molecule has 0 aromatic carbocycles. The van der Waals surface area contributed by atoms with E-state index in [1.165, 1.54) is 7.11 Å². The lowest BCUT2D eigenvalue weighted by Crippen LogP contribution is -2.10. The second kappa shape index (κ2) is 8.75. The van der Waals surface area contributed by atoms with Crippen LogP contribution in [0.25, 0.3) is 0 Å². The maximum atomic E-state index is 10.7. The highest BCUT2D eigenvalue weighted by Gasteiger charge is 2.06. The van der Waals surface area contributed by atoms with Crippen LogP contribution in [-0.2, 0) is 9.53 Å². The van der Waals surface area contributed by atoms with Gasteiger partial charge in [-0.25, -0.2) is 0 Å². The van der Waals surface area contributed by atoms with Crippen molar-refractivity contribution in [2.75, 3.05) is 7.11 Å². The van der Waals surface area contributed by atoms with Gasteiger partial charge in [0, 0.05) is 6.42 Å². The molecule has 0 saturated carbocycles. The minimum Gasteiger partial charge on any atom is -0.469 e. The molecule has 0 aromatic heterocycles. The van der Waals surface area contributed by atoms with Crippen molar-refractivity contribution in [3.8, 4) is 0 Å². The minimum absolute atomic E-state index is 0.256. The summed E-state index contributed by atoms with van der Waals surface area (Å²) in [6, 6.07) is 0. The summed E-state index contributed by atoms with van der Waals surface area (Å²) in [5.74, 6) is -0.256. The molecule has 0 amide bonds. The number of carbonyl (C=O) groups excluding carboxylic acids is 1. The van der Waals surface area contributed by atoms with Gasteiger partial charge < -0.3 is 9.84 Å². The highest BCUT2D eigenvalue weighted by Crippen LogP contribution is 2.06. The molecule has 0 fully saturated rings. The van der Waals surface area contributed by atoms with Crippen LogP contribution in [0.3, 0.4) is 0 Å². The molecule has 0 aliphatic rings. The first-order chi connectivity index (χ1) is 6.70. The number of methoxy groups -OCH3 is 1. The predicted octanol–water partition coefficient (Wildman–Crippen LogP) is 2.05. The van der Waals surface area contributed by atoms with E-state index in [0.717, 1.165) is 12.8 Å². The summed E-state index contributed by atoms with van der Waals surface area (Å²) in [5.41, 5.74) is 0. The fourth-order valence-electron chi connectivity index (χ4n) is 1.10. The van der Waals surface area contributed by atoms with Crippen LogP contribution in [-0.4, -0.2) is 24.3 Å². The first-order valence-electron chi connectivity index (χ1n) is 5.10. The van der Waals surface area contributed by atoms with Crippen LogP contribution >= 0.6 is 0 Å². The van der Waals surface area contributed by atoms with Gasteiger partial charge >= 0.3 is 5.97 Å². The van der Waals surface area contributed by atoms with Gasteiger partial charge in [-0.2, -0.15) is 0 Å². The first-order valence-corrected chi connectivity index (χ1v) is 5.10. The summed E-state index contributed by atoms with van der Waals surface area (Å²) in [5, 5.41) is 9.45. The van der Waals surface area contributed by atoms with E-state index in [1.54, 1.807) is 0 Å². The van der Waals surface area contributed by atoms with Crippen LogP contribution in [0.2, 0.25) is 0 Å². The maximum absolute atomic E-state index is 10.7. The molecule has 0 aliphatic carbocycles. The molecule has 0 rings (SSSR count). The topological polar surface area (TPSA) is 46.5 Å². The average Bonchev–Trinajstić information content (AvgIpc) is 2.21. The highest BCUT2D eigenvalue weighted by atomic mass is 16.5. The van der Waals surface area contributed by atoms with Gasteiger partial charge in [-0.15, -0.1) is 0 Å². The molecule has 1 atom stereocenters. The molecule has 1 unspecified atom stereocenters. The smallest absolute Gasteiger partial charge is 0.305 e. The lowest BCUT2D eigenvalue weighted by Gasteiger charge is -2.07. The Kier molecular flexibility index (Phi) is 8.24. The zero-order valence-electron chi connectivity index (χ0n) is 9.03. The lowest BCUT2D eigenvalue weighted by atomic mass is 10.1. The Balaban J connectivity index is 3.41. The van der Waals surface area contributed by atoms with Crippen molar-refractivity contribution in [1.29, 1.82) is 0 Å². The van der Waals surface area contributed by atoms with Gasteiger partial charge in [0.2, 0.25) is 0 Å². The predicted molar refractivity (Wildman–Crippen MR) is 55.9 cm³/mol. The highest BCUT2D eigenvalue weighted by molar-refractivity contribution is 5.69. The van der Waals surface area contributed by atoms with E-state index >= 15 is 0 Å². The van der Waals surface area contributed by atoms with Gasteiger partial charge in [0.25, 0.3) is 0 Å². The third-order valence-corrected chi connectivity index (χ3v) is 1.98. The molecule has 3 heteroatoms. The number of carbonyl (C=O) groups is 1. The Morgan fingerprint density at radius 1 is 1.43 bits per heavy atom. The van der Waals surface area contributed by atoms with E-state index < -0.39 is 6.10 Å². The largest absolute Gasteiger partial charge is 0.469 e. The number of aliphatic hydroxyl groups excluding tert-OH is 1. The van der Waals surface area contributed by atoms with Crippen LogP contribution in [0.4, 0.5) is 0 Å². The van der Waals surface area contributed by atoms with E-state index in [4.69, 9.17) is 0 Å². The summed E-state index contributed by atoms with van der Waals surface area (Å²) in [4.78, 5) is 10.7. The van der Waals surface area contributed by atoms with Gasteiger partial charge in [0.1, 0.15) is 0 Å².